The molecule has 0 atom stereocenters. The summed E-state index contributed by atoms with van der Waals surface area (Å²) in [6.45, 7) is 0. The van der Waals surface area contributed by atoms with E-state index in [0.29, 0.717) is 17.5 Å². The van der Waals surface area contributed by atoms with Crippen molar-refractivity contribution in [1.82, 2.24) is 29.7 Å². The number of benzene rings is 5. The van der Waals surface area contributed by atoms with Gasteiger partial charge in [-0.05, 0) is 30.3 Å². The molecule has 9 aromatic rings. The molecule has 0 bridgehead atoms. The van der Waals surface area contributed by atoms with E-state index in [0.717, 1.165) is 66.1 Å². The Labute approximate surface area is 251 Å². The molecule has 4 heterocycles. The lowest BCUT2D eigenvalue weighted by Gasteiger charge is -2.12. The maximum Gasteiger partial charge on any atom is 0.164 e. The Morgan fingerprint density at radius 2 is 1.11 bits per heavy atom. The number of hydrogen-bond donors (Lipinski definition) is 0. The summed E-state index contributed by atoms with van der Waals surface area (Å²) in [5.41, 5.74) is 7.37. The van der Waals surface area contributed by atoms with Crippen LogP contribution < -0.4 is 0 Å². The number of para-hydroxylation sites is 1. The van der Waals surface area contributed by atoms with Gasteiger partial charge in [0.2, 0.25) is 0 Å². The van der Waals surface area contributed by atoms with Crippen LogP contribution in [0.15, 0.2) is 138 Å². The van der Waals surface area contributed by atoms with Crippen molar-refractivity contribution in [1.29, 1.82) is 0 Å². The monoisotopic (exact) mass is 566 g/mol. The molecule has 0 amide bonds. The molecule has 7 nitrogen and oxygen atoms in total. The minimum absolute atomic E-state index is 0.596. The molecule has 0 unspecified atom stereocenters. The molecule has 0 aliphatic heterocycles. The molecule has 0 spiro atoms. The topological polar surface area (TPSA) is 82.5 Å². The van der Waals surface area contributed by atoms with E-state index < -0.39 is 0 Å². The fraction of sp³-hybridized carbons (Fsp3) is 0. The maximum absolute atomic E-state index is 6.28. The first-order valence-corrected chi connectivity index (χ1v) is 14.3. The molecular formula is C37H22N6O. The Hall–Kier alpha value is -6.21. The average molecular weight is 567 g/mol. The van der Waals surface area contributed by atoms with Crippen molar-refractivity contribution in [3.8, 4) is 39.9 Å². The molecule has 206 valence electrons. The Morgan fingerprint density at radius 1 is 0.477 bits per heavy atom. The minimum atomic E-state index is 0.596. The zero-order valence-electron chi connectivity index (χ0n) is 23.3. The summed E-state index contributed by atoms with van der Waals surface area (Å²) in [5.74, 6) is 1.84. The standard InChI is InChI=1S/C37H22N6O/c1-3-10-23(11-4-1)35-40-36(24-12-5-2-6-13-24)42-37(41-35)25-14-9-15-26(20-25)43-30-22-39-38-21-29(30)27-18-19-32-33(34(27)43)28-16-7-8-17-31(28)44-32/h1-22H. The van der Waals surface area contributed by atoms with Gasteiger partial charge in [-0.3, -0.25) is 0 Å². The van der Waals surface area contributed by atoms with Crippen LogP contribution in [0.1, 0.15) is 0 Å². The van der Waals surface area contributed by atoms with E-state index in [9.17, 15) is 0 Å². The lowest BCUT2D eigenvalue weighted by Crippen LogP contribution is -2.01. The SMILES string of the molecule is c1ccc(-c2nc(-c3ccccc3)nc(-c3cccc(-n4c5cnncc5c5ccc6oc7ccccc7c6c54)c3)n2)cc1. The molecule has 0 saturated heterocycles. The van der Waals surface area contributed by atoms with Crippen molar-refractivity contribution in [2.75, 3.05) is 0 Å². The summed E-state index contributed by atoms with van der Waals surface area (Å²) in [4.78, 5) is 14.8. The van der Waals surface area contributed by atoms with E-state index in [1.54, 1.807) is 0 Å². The van der Waals surface area contributed by atoms with Crippen LogP contribution >= 0.6 is 0 Å². The van der Waals surface area contributed by atoms with Crippen LogP contribution in [-0.4, -0.2) is 29.7 Å². The number of rotatable bonds is 4. The molecule has 9 rings (SSSR count). The van der Waals surface area contributed by atoms with Gasteiger partial charge in [0.15, 0.2) is 17.5 Å². The third kappa shape index (κ3) is 3.80. The first-order chi connectivity index (χ1) is 21.8. The van der Waals surface area contributed by atoms with E-state index in [4.69, 9.17) is 19.4 Å². The molecule has 0 aliphatic carbocycles. The van der Waals surface area contributed by atoms with E-state index >= 15 is 0 Å². The van der Waals surface area contributed by atoms with Gasteiger partial charge in [0.05, 0.1) is 28.8 Å². The van der Waals surface area contributed by atoms with Gasteiger partial charge in [-0.1, -0.05) is 91.0 Å². The van der Waals surface area contributed by atoms with Crippen LogP contribution in [-0.2, 0) is 0 Å². The van der Waals surface area contributed by atoms with Gasteiger partial charge in [0.1, 0.15) is 11.2 Å². The third-order valence-electron chi connectivity index (χ3n) is 8.04. The zero-order valence-corrected chi connectivity index (χ0v) is 23.3. The Balaban J connectivity index is 1.31. The number of nitrogens with zero attached hydrogens (tertiary/aromatic N) is 6. The smallest absolute Gasteiger partial charge is 0.164 e. The fourth-order valence-electron chi connectivity index (χ4n) is 6.06. The summed E-state index contributed by atoms with van der Waals surface area (Å²) in [6, 6.07) is 40.6. The van der Waals surface area contributed by atoms with Gasteiger partial charge in [-0.2, -0.15) is 10.2 Å². The summed E-state index contributed by atoms with van der Waals surface area (Å²) >= 11 is 0. The predicted molar refractivity (Wildman–Crippen MR) is 173 cm³/mol. The van der Waals surface area contributed by atoms with Crippen molar-refractivity contribution < 1.29 is 4.42 Å². The van der Waals surface area contributed by atoms with Crippen molar-refractivity contribution >= 4 is 43.7 Å². The summed E-state index contributed by atoms with van der Waals surface area (Å²) < 4.78 is 8.52. The van der Waals surface area contributed by atoms with Crippen LogP contribution in [0.2, 0.25) is 0 Å². The first kappa shape index (κ1) is 24.4. The van der Waals surface area contributed by atoms with Gasteiger partial charge in [0.25, 0.3) is 0 Å². The van der Waals surface area contributed by atoms with Gasteiger partial charge >= 0.3 is 0 Å². The van der Waals surface area contributed by atoms with Crippen LogP contribution in [0.4, 0.5) is 0 Å². The molecule has 0 aliphatic rings. The Kier molecular flexibility index (Phi) is 5.36. The van der Waals surface area contributed by atoms with Crippen molar-refractivity contribution in [2.45, 2.75) is 0 Å². The highest BCUT2D eigenvalue weighted by Gasteiger charge is 2.20. The number of aromatic nitrogens is 6. The summed E-state index contributed by atoms with van der Waals surface area (Å²) in [5, 5.41) is 12.7. The molecule has 4 aromatic heterocycles. The molecule has 0 radical (unpaired) electrons. The van der Waals surface area contributed by atoms with E-state index in [2.05, 4.69) is 39.0 Å². The van der Waals surface area contributed by atoms with Gasteiger partial charge < -0.3 is 8.98 Å². The number of hydrogen-bond acceptors (Lipinski definition) is 6. The third-order valence-corrected chi connectivity index (χ3v) is 8.04. The molecule has 5 aromatic carbocycles. The van der Waals surface area contributed by atoms with E-state index in [1.165, 1.54) is 0 Å². The van der Waals surface area contributed by atoms with E-state index in [1.807, 2.05) is 109 Å². The predicted octanol–water partition coefficient (Wildman–Crippen LogP) is 8.66. The molecule has 7 heteroatoms. The Morgan fingerprint density at radius 3 is 1.86 bits per heavy atom. The number of furan rings is 1. The second-order valence-electron chi connectivity index (χ2n) is 10.6. The molecule has 44 heavy (non-hydrogen) atoms. The average Bonchev–Trinajstić information content (AvgIpc) is 3.65. The highest BCUT2D eigenvalue weighted by atomic mass is 16.3. The lowest BCUT2D eigenvalue weighted by atomic mass is 10.1. The van der Waals surface area contributed by atoms with Crippen molar-refractivity contribution in [3.63, 3.8) is 0 Å². The maximum atomic E-state index is 6.28. The Bertz CT molecular complexity index is 2440. The summed E-state index contributed by atoms with van der Waals surface area (Å²) in [7, 11) is 0. The quantitative estimate of drug-likeness (QED) is 0.212. The van der Waals surface area contributed by atoms with Gasteiger partial charge in [-0.15, -0.1) is 0 Å². The first-order valence-electron chi connectivity index (χ1n) is 14.3. The highest BCUT2D eigenvalue weighted by molar-refractivity contribution is 6.24. The lowest BCUT2D eigenvalue weighted by molar-refractivity contribution is 0.669. The van der Waals surface area contributed by atoms with Gasteiger partial charge in [-0.25, -0.2) is 15.0 Å². The largest absolute Gasteiger partial charge is 0.456 e. The molecule has 0 saturated carbocycles. The minimum Gasteiger partial charge on any atom is -0.456 e. The van der Waals surface area contributed by atoms with Crippen LogP contribution in [0.5, 0.6) is 0 Å². The van der Waals surface area contributed by atoms with Crippen LogP contribution in [0, 0.1) is 0 Å². The summed E-state index contributed by atoms with van der Waals surface area (Å²) in [6.07, 6.45) is 3.65. The van der Waals surface area contributed by atoms with Crippen LogP contribution in [0.3, 0.4) is 0 Å². The molecule has 0 fully saturated rings. The van der Waals surface area contributed by atoms with Gasteiger partial charge in [0, 0.05) is 38.5 Å². The molecular weight excluding hydrogens is 544 g/mol. The number of fused-ring (bicyclic) bond motifs is 7. The van der Waals surface area contributed by atoms with E-state index in [-0.39, 0.29) is 0 Å². The zero-order chi connectivity index (χ0) is 29.0. The normalized spacial score (nSPS) is 11.6. The fourth-order valence-corrected chi connectivity index (χ4v) is 6.06. The second kappa shape index (κ2) is 9.68. The van der Waals surface area contributed by atoms with Crippen molar-refractivity contribution in [3.05, 3.63) is 134 Å². The van der Waals surface area contributed by atoms with Crippen molar-refractivity contribution in [2.24, 2.45) is 0 Å². The second-order valence-corrected chi connectivity index (χ2v) is 10.6. The highest BCUT2D eigenvalue weighted by Crippen LogP contribution is 2.40. The van der Waals surface area contributed by atoms with Crippen LogP contribution in [0.25, 0.3) is 83.6 Å². The molecule has 0 N–H and O–H groups in total.